The average Bonchev–Trinajstić information content (AvgIpc) is 2.54. The molecule has 0 amide bonds. The van der Waals surface area contributed by atoms with Crippen molar-refractivity contribution in [2.75, 3.05) is 41.2 Å². The SMILES string of the molecule is CCO[Si](Cc1cc(OC)c(OC)c(OC)c1)(OCC)OCC. The number of benzene rings is 1. The van der Waals surface area contributed by atoms with Gasteiger partial charge in [0, 0.05) is 25.9 Å². The molecule has 0 radical (unpaired) electrons. The predicted octanol–water partition coefficient (Wildman–Crippen LogP) is 2.84. The van der Waals surface area contributed by atoms with Crippen LogP contribution in [0.25, 0.3) is 0 Å². The van der Waals surface area contributed by atoms with Gasteiger partial charge in [-0.2, -0.15) is 0 Å². The molecule has 0 N–H and O–H groups in total. The molecular formula is C16H28O6Si. The zero-order chi connectivity index (χ0) is 17.3. The van der Waals surface area contributed by atoms with Crippen molar-refractivity contribution < 1.29 is 27.5 Å². The molecule has 0 atom stereocenters. The maximum atomic E-state index is 5.90. The molecule has 0 aliphatic carbocycles. The van der Waals surface area contributed by atoms with Gasteiger partial charge in [-0.05, 0) is 38.5 Å². The van der Waals surface area contributed by atoms with Crippen LogP contribution in [-0.2, 0) is 19.3 Å². The van der Waals surface area contributed by atoms with E-state index in [-0.39, 0.29) is 0 Å². The van der Waals surface area contributed by atoms with Crippen LogP contribution < -0.4 is 14.2 Å². The van der Waals surface area contributed by atoms with Crippen LogP contribution in [0.1, 0.15) is 26.3 Å². The highest BCUT2D eigenvalue weighted by molar-refractivity contribution is 6.60. The molecule has 0 heterocycles. The number of rotatable bonds is 11. The lowest BCUT2D eigenvalue weighted by Gasteiger charge is -2.28. The second kappa shape index (κ2) is 9.77. The van der Waals surface area contributed by atoms with E-state index in [9.17, 15) is 0 Å². The lowest BCUT2D eigenvalue weighted by atomic mass is 10.2. The molecule has 1 aromatic rings. The first-order valence-corrected chi connectivity index (χ1v) is 9.73. The third kappa shape index (κ3) is 5.10. The van der Waals surface area contributed by atoms with Crippen LogP contribution in [0, 0.1) is 0 Å². The fourth-order valence-corrected chi connectivity index (χ4v) is 5.01. The smallest absolute Gasteiger partial charge is 0.493 e. The second-order valence-corrected chi connectivity index (χ2v) is 7.28. The molecule has 6 nitrogen and oxygen atoms in total. The lowest BCUT2D eigenvalue weighted by molar-refractivity contribution is 0.0704. The molecule has 132 valence electrons. The van der Waals surface area contributed by atoms with Crippen molar-refractivity contribution in [3.8, 4) is 17.2 Å². The van der Waals surface area contributed by atoms with Crippen molar-refractivity contribution in [1.29, 1.82) is 0 Å². The Morgan fingerprint density at radius 3 is 1.48 bits per heavy atom. The number of hydrogen-bond donors (Lipinski definition) is 0. The van der Waals surface area contributed by atoms with Crippen LogP contribution in [0.4, 0.5) is 0 Å². The Kier molecular flexibility index (Phi) is 8.39. The van der Waals surface area contributed by atoms with Gasteiger partial charge in [-0.25, -0.2) is 0 Å². The van der Waals surface area contributed by atoms with E-state index >= 15 is 0 Å². The minimum absolute atomic E-state index is 0.538. The zero-order valence-corrected chi connectivity index (χ0v) is 15.9. The summed E-state index contributed by atoms with van der Waals surface area (Å²) < 4.78 is 33.9. The van der Waals surface area contributed by atoms with Gasteiger partial charge < -0.3 is 27.5 Å². The summed E-state index contributed by atoms with van der Waals surface area (Å²) in [6.07, 6.45) is 0. The topological polar surface area (TPSA) is 55.4 Å². The maximum absolute atomic E-state index is 5.90. The van der Waals surface area contributed by atoms with E-state index in [2.05, 4.69) is 0 Å². The number of ether oxygens (including phenoxy) is 3. The molecule has 0 saturated carbocycles. The molecule has 23 heavy (non-hydrogen) atoms. The summed E-state index contributed by atoms with van der Waals surface area (Å²) in [5.74, 6) is 1.78. The first-order valence-electron chi connectivity index (χ1n) is 7.80. The van der Waals surface area contributed by atoms with Crippen LogP contribution in [0.2, 0.25) is 0 Å². The Balaban J connectivity index is 3.21. The first kappa shape index (κ1) is 19.8. The van der Waals surface area contributed by atoms with Gasteiger partial charge in [-0.3, -0.25) is 0 Å². The monoisotopic (exact) mass is 344 g/mol. The van der Waals surface area contributed by atoms with E-state index in [1.807, 2.05) is 32.9 Å². The van der Waals surface area contributed by atoms with E-state index < -0.39 is 8.80 Å². The van der Waals surface area contributed by atoms with Crippen molar-refractivity contribution in [3.05, 3.63) is 17.7 Å². The van der Waals surface area contributed by atoms with Crippen LogP contribution in [0.5, 0.6) is 17.2 Å². The highest BCUT2D eigenvalue weighted by Crippen LogP contribution is 2.39. The lowest BCUT2D eigenvalue weighted by Crippen LogP contribution is -2.48. The summed E-state index contributed by atoms with van der Waals surface area (Å²) in [5, 5.41) is 0. The van der Waals surface area contributed by atoms with Crippen LogP contribution in [0.3, 0.4) is 0 Å². The largest absolute Gasteiger partial charge is 0.505 e. The van der Waals surface area contributed by atoms with Crippen LogP contribution in [-0.4, -0.2) is 50.0 Å². The van der Waals surface area contributed by atoms with E-state index in [1.54, 1.807) is 21.3 Å². The Bertz CT molecular complexity index is 438. The highest BCUT2D eigenvalue weighted by atomic mass is 28.4. The molecule has 0 fully saturated rings. The number of methoxy groups -OCH3 is 3. The molecular weight excluding hydrogens is 316 g/mol. The summed E-state index contributed by atoms with van der Waals surface area (Å²) in [5.41, 5.74) is 0.960. The Hall–Kier alpha value is -1.28. The second-order valence-electron chi connectivity index (χ2n) is 4.69. The minimum atomic E-state index is -2.79. The van der Waals surface area contributed by atoms with E-state index in [4.69, 9.17) is 27.5 Å². The maximum Gasteiger partial charge on any atom is 0.505 e. The fourth-order valence-electron chi connectivity index (χ4n) is 2.43. The third-order valence-electron chi connectivity index (χ3n) is 3.24. The Morgan fingerprint density at radius 2 is 1.17 bits per heavy atom. The molecule has 0 unspecified atom stereocenters. The van der Waals surface area contributed by atoms with Gasteiger partial charge in [0.25, 0.3) is 0 Å². The van der Waals surface area contributed by atoms with Gasteiger partial charge in [0.15, 0.2) is 11.5 Å². The number of hydrogen-bond acceptors (Lipinski definition) is 6. The Labute approximate surface area is 140 Å². The van der Waals surface area contributed by atoms with E-state index in [0.29, 0.717) is 43.1 Å². The first-order chi connectivity index (χ1) is 11.1. The molecule has 7 heteroatoms. The van der Waals surface area contributed by atoms with Crippen molar-refractivity contribution in [3.63, 3.8) is 0 Å². The molecule has 0 saturated heterocycles. The predicted molar refractivity (Wildman–Crippen MR) is 90.4 cm³/mol. The summed E-state index contributed by atoms with van der Waals surface area (Å²) >= 11 is 0. The minimum Gasteiger partial charge on any atom is -0.493 e. The standard InChI is InChI=1S/C16H28O6Si/c1-7-20-23(21-8-2,22-9-3)12-13-10-14(17-4)16(19-6)15(11-13)18-5/h10-11H,7-9,12H2,1-6H3. The van der Waals surface area contributed by atoms with Gasteiger partial charge >= 0.3 is 8.80 Å². The normalized spacial score (nSPS) is 11.4. The highest BCUT2D eigenvalue weighted by Gasteiger charge is 2.41. The molecule has 0 aliphatic rings. The quantitative estimate of drug-likeness (QED) is 0.575. The Morgan fingerprint density at radius 1 is 0.739 bits per heavy atom. The van der Waals surface area contributed by atoms with Crippen molar-refractivity contribution in [1.82, 2.24) is 0 Å². The third-order valence-corrected chi connectivity index (χ3v) is 6.26. The van der Waals surface area contributed by atoms with Crippen molar-refractivity contribution in [2.45, 2.75) is 26.8 Å². The van der Waals surface area contributed by atoms with E-state index in [0.717, 1.165) is 5.56 Å². The molecule has 0 aromatic heterocycles. The molecule has 1 rings (SSSR count). The summed E-state index contributed by atoms with van der Waals surface area (Å²) in [6.45, 7) is 7.43. The van der Waals surface area contributed by atoms with Gasteiger partial charge in [0.05, 0.1) is 21.3 Å². The average molecular weight is 344 g/mol. The molecule has 0 bridgehead atoms. The van der Waals surface area contributed by atoms with E-state index in [1.165, 1.54) is 0 Å². The molecule has 0 aliphatic heterocycles. The molecule has 1 aromatic carbocycles. The van der Waals surface area contributed by atoms with Gasteiger partial charge in [-0.15, -0.1) is 0 Å². The summed E-state index contributed by atoms with van der Waals surface area (Å²) in [4.78, 5) is 0. The van der Waals surface area contributed by atoms with Gasteiger partial charge in [0.2, 0.25) is 5.75 Å². The van der Waals surface area contributed by atoms with Gasteiger partial charge in [-0.1, -0.05) is 0 Å². The summed E-state index contributed by atoms with van der Waals surface area (Å²) in [6, 6.07) is 4.35. The van der Waals surface area contributed by atoms with Gasteiger partial charge in [0.1, 0.15) is 0 Å². The fraction of sp³-hybridized carbons (Fsp3) is 0.625. The van der Waals surface area contributed by atoms with Crippen LogP contribution >= 0.6 is 0 Å². The van der Waals surface area contributed by atoms with Crippen LogP contribution in [0.15, 0.2) is 12.1 Å². The molecule has 0 spiro atoms. The zero-order valence-electron chi connectivity index (χ0n) is 14.9. The van der Waals surface area contributed by atoms with Crippen molar-refractivity contribution in [2.24, 2.45) is 0 Å². The summed E-state index contributed by atoms with van der Waals surface area (Å²) in [7, 11) is 1.99. The van der Waals surface area contributed by atoms with Crippen molar-refractivity contribution >= 4 is 8.80 Å².